The van der Waals surface area contributed by atoms with Crippen molar-refractivity contribution >= 4 is 5.78 Å². The molecule has 0 spiro atoms. The van der Waals surface area contributed by atoms with Crippen molar-refractivity contribution < 1.29 is 9.53 Å². The molecule has 1 saturated heterocycles. The predicted molar refractivity (Wildman–Crippen MR) is 68.6 cm³/mol. The van der Waals surface area contributed by atoms with E-state index in [0.29, 0.717) is 17.4 Å². The van der Waals surface area contributed by atoms with Crippen LogP contribution >= 0.6 is 0 Å². The summed E-state index contributed by atoms with van der Waals surface area (Å²) in [5, 5.41) is 2.79. The van der Waals surface area contributed by atoms with Gasteiger partial charge in [0.15, 0.2) is 0 Å². The minimum absolute atomic E-state index is 0.0930. The first kappa shape index (κ1) is 12.8. The van der Waals surface area contributed by atoms with E-state index in [-0.39, 0.29) is 5.78 Å². The van der Waals surface area contributed by atoms with Crippen molar-refractivity contribution in [2.75, 3.05) is 20.3 Å². The van der Waals surface area contributed by atoms with E-state index < -0.39 is 0 Å². The molecule has 18 heavy (non-hydrogen) atoms. The second kappa shape index (κ2) is 5.35. The molecule has 0 atom stereocenters. The highest BCUT2D eigenvalue weighted by Crippen LogP contribution is 2.25. The summed E-state index contributed by atoms with van der Waals surface area (Å²) >= 11 is 0. The molecule has 1 fully saturated rings. The van der Waals surface area contributed by atoms with E-state index in [2.05, 4.69) is 16.9 Å². The molecular formula is C13H19N3O2. The van der Waals surface area contributed by atoms with E-state index in [1.807, 2.05) is 11.5 Å². The molecule has 0 unspecified atom stereocenters. The number of Topliss-reactive ketones (excluding diaryl/α,β-unsaturated/α-hetero) is 1. The summed E-state index contributed by atoms with van der Waals surface area (Å²) in [5.74, 6) is 0.777. The summed E-state index contributed by atoms with van der Waals surface area (Å²) in [7, 11) is 1.70. The van der Waals surface area contributed by atoms with Crippen LogP contribution in [0.15, 0.2) is 18.5 Å². The number of hydrogen-bond donors (Lipinski definition) is 1. The summed E-state index contributed by atoms with van der Waals surface area (Å²) in [5.41, 5.74) is 1.00. The monoisotopic (exact) mass is 249 g/mol. The number of aryl methyl sites for hydroxylation is 1. The number of ketones is 1. The van der Waals surface area contributed by atoms with Crippen molar-refractivity contribution in [3.63, 3.8) is 0 Å². The van der Waals surface area contributed by atoms with E-state index in [4.69, 9.17) is 4.74 Å². The second-order valence-electron chi connectivity index (χ2n) is 4.46. The molecular weight excluding hydrogens is 230 g/mol. The third-order valence-electron chi connectivity index (χ3n) is 3.35. The molecule has 0 radical (unpaired) electrons. The number of allylic oxidation sites excluding steroid dienone is 1. The average molecular weight is 249 g/mol. The summed E-state index contributed by atoms with van der Waals surface area (Å²) in [6.07, 6.45) is 3.47. The lowest BCUT2D eigenvalue weighted by atomic mass is 10.1. The van der Waals surface area contributed by atoms with Crippen molar-refractivity contribution in [3.8, 4) is 0 Å². The highest BCUT2D eigenvalue weighted by atomic mass is 16.5. The van der Waals surface area contributed by atoms with Crippen molar-refractivity contribution in [1.29, 1.82) is 0 Å². The van der Waals surface area contributed by atoms with Crippen molar-refractivity contribution in [1.82, 2.24) is 14.9 Å². The Balaban J connectivity index is 2.31. The topological polar surface area (TPSA) is 56.2 Å². The number of aromatic nitrogens is 2. The lowest BCUT2D eigenvalue weighted by molar-refractivity contribution is 0.0676. The number of carbonyl (C=O) groups excluding carboxylic acids is 1. The normalized spacial score (nSPS) is 16.6. The minimum atomic E-state index is -0.0930. The Kier molecular flexibility index (Phi) is 3.81. The SMILES string of the molecule is C=C(NC)C(=O)c1cnc(C)n1C1CCOCC1. The molecule has 0 amide bonds. The Morgan fingerprint density at radius 3 is 2.83 bits per heavy atom. The van der Waals surface area contributed by atoms with Crippen molar-refractivity contribution in [2.24, 2.45) is 0 Å². The molecule has 1 aliphatic heterocycles. The van der Waals surface area contributed by atoms with Gasteiger partial charge in [0.2, 0.25) is 5.78 Å². The number of carbonyl (C=O) groups is 1. The molecule has 1 aromatic rings. The first-order chi connectivity index (χ1) is 8.65. The van der Waals surface area contributed by atoms with E-state index in [9.17, 15) is 4.79 Å². The molecule has 98 valence electrons. The maximum absolute atomic E-state index is 12.2. The Hall–Kier alpha value is -1.62. The fourth-order valence-electron chi connectivity index (χ4n) is 2.29. The zero-order valence-corrected chi connectivity index (χ0v) is 10.9. The van der Waals surface area contributed by atoms with Gasteiger partial charge in [-0.1, -0.05) is 6.58 Å². The number of nitrogens with one attached hydrogen (secondary N) is 1. The van der Waals surface area contributed by atoms with E-state index in [1.165, 1.54) is 0 Å². The van der Waals surface area contributed by atoms with Crippen LogP contribution in [0.3, 0.4) is 0 Å². The van der Waals surface area contributed by atoms with Crippen LogP contribution in [0.2, 0.25) is 0 Å². The minimum Gasteiger partial charge on any atom is -0.385 e. The predicted octanol–water partition coefficient (Wildman–Crippen LogP) is 1.46. The molecule has 0 bridgehead atoms. The van der Waals surface area contributed by atoms with Crippen molar-refractivity contribution in [3.05, 3.63) is 30.0 Å². The van der Waals surface area contributed by atoms with Crippen LogP contribution in [0, 0.1) is 6.92 Å². The van der Waals surface area contributed by atoms with Gasteiger partial charge in [0.1, 0.15) is 11.5 Å². The average Bonchev–Trinajstić information content (AvgIpc) is 2.79. The molecule has 1 aromatic heterocycles. The van der Waals surface area contributed by atoms with Crippen LogP contribution in [-0.2, 0) is 4.74 Å². The largest absolute Gasteiger partial charge is 0.385 e. The molecule has 1 N–H and O–H groups in total. The molecule has 0 aromatic carbocycles. The Bertz CT molecular complexity index is 459. The first-order valence-electron chi connectivity index (χ1n) is 6.18. The van der Waals surface area contributed by atoms with Gasteiger partial charge >= 0.3 is 0 Å². The number of hydrogen-bond acceptors (Lipinski definition) is 4. The third-order valence-corrected chi connectivity index (χ3v) is 3.35. The summed E-state index contributed by atoms with van der Waals surface area (Å²) in [6, 6.07) is 0.296. The lowest BCUT2D eigenvalue weighted by Crippen LogP contribution is -2.25. The van der Waals surface area contributed by atoms with Gasteiger partial charge in [-0.25, -0.2) is 4.98 Å². The molecule has 0 aliphatic carbocycles. The van der Waals surface area contributed by atoms with Gasteiger partial charge < -0.3 is 14.6 Å². The molecule has 5 nitrogen and oxygen atoms in total. The smallest absolute Gasteiger partial charge is 0.226 e. The second-order valence-corrected chi connectivity index (χ2v) is 4.46. The van der Waals surface area contributed by atoms with Crippen LogP contribution < -0.4 is 5.32 Å². The third kappa shape index (κ3) is 2.31. The van der Waals surface area contributed by atoms with Gasteiger partial charge in [0, 0.05) is 26.3 Å². The fraction of sp³-hybridized carbons (Fsp3) is 0.538. The van der Waals surface area contributed by atoms with Gasteiger partial charge in [-0.05, 0) is 19.8 Å². The zero-order valence-electron chi connectivity index (χ0n) is 10.9. The Morgan fingerprint density at radius 1 is 1.56 bits per heavy atom. The summed E-state index contributed by atoms with van der Waals surface area (Å²) in [6.45, 7) is 7.12. The van der Waals surface area contributed by atoms with E-state index >= 15 is 0 Å². The van der Waals surface area contributed by atoms with E-state index in [0.717, 1.165) is 31.9 Å². The molecule has 0 saturated carbocycles. The van der Waals surface area contributed by atoms with Gasteiger partial charge in [-0.2, -0.15) is 0 Å². The zero-order chi connectivity index (χ0) is 13.1. The molecule has 1 aliphatic rings. The first-order valence-corrected chi connectivity index (χ1v) is 6.18. The molecule has 2 rings (SSSR count). The maximum atomic E-state index is 12.2. The fourth-order valence-corrected chi connectivity index (χ4v) is 2.29. The standard InChI is InChI=1S/C13H19N3O2/c1-9(14-3)13(17)12-8-15-10(2)16(12)11-4-6-18-7-5-11/h8,11,14H,1,4-7H2,2-3H3. The Labute approximate surface area is 107 Å². The van der Waals surface area contributed by atoms with Crippen LogP contribution in [-0.4, -0.2) is 35.6 Å². The van der Waals surface area contributed by atoms with Gasteiger partial charge in [0.05, 0.1) is 11.9 Å². The van der Waals surface area contributed by atoms with Gasteiger partial charge in [-0.15, -0.1) is 0 Å². The lowest BCUT2D eigenvalue weighted by Gasteiger charge is -2.26. The summed E-state index contributed by atoms with van der Waals surface area (Å²) in [4.78, 5) is 16.5. The molecule has 5 heteroatoms. The van der Waals surface area contributed by atoms with E-state index in [1.54, 1.807) is 13.2 Å². The van der Waals surface area contributed by atoms with Gasteiger partial charge in [-0.3, -0.25) is 4.79 Å². The van der Waals surface area contributed by atoms with Crippen LogP contribution in [0.25, 0.3) is 0 Å². The van der Waals surface area contributed by atoms with Crippen LogP contribution in [0.5, 0.6) is 0 Å². The number of imidazole rings is 1. The van der Waals surface area contributed by atoms with Crippen LogP contribution in [0.1, 0.15) is 35.2 Å². The van der Waals surface area contributed by atoms with Crippen molar-refractivity contribution in [2.45, 2.75) is 25.8 Å². The number of ether oxygens (including phenoxy) is 1. The quantitative estimate of drug-likeness (QED) is 0.648. The summed E-state index contributed by atoms with van der Waals surface area (Å²) < 4.78 is 7.38. The number of nitrogens with zero attached hydrogens (tertiary/aromatic N) is 2. The number of rotatable bonds is 4. The molecule has 2 heterocycles. The Morgan fingerprint density at radius 2 is 2.22 bits per heavy atom. The number of likely N-dealkylation sites (N-methyl/N-ethyl adjacent to an activating group) is 1. The highest BCUT2D eigenvalue weighted by molar-refractivity contribution is 6.06. The maximum Gasteiger partial charge on any atom is 0.226 e. The highest BCUT2D eigenvalue weighted by Gasteiger charge is 2.24. The van der Waals surface area contributed by atoms with Crippen LogP contribution in [0.4, 0.5) is 0 Å². The van der Waals surface area contributed by atoms with Gasteiger partial charge in [0.25, 0.3) is 0 Å².